The summed E-state index contributed by atoms with van der Waals surface area (Å²) in [7, 11) is -1.76. The highest BCUT2D eigenvalue weighted by Gasteiger charge is 2.42. The zero-order chi connectivity index (χ0) is 22.5. The molecule has 1 atom stereocenters. The van der Waals surface area contributed by atoms with Gasteiger partial charge in [-0.3, -0.25) is 4.79 Å². The Labute approximate surface area is 180 Å². The predicted molar refractivity (Wildman–Crippen MR) is 130 cm³/mol. The fourth-order valence-electron chi connectivity index (χ4n) is 3.61. The van der Waals surface area contributed by atoms with Crippen molar-refractivity contribution >= 4 is 14.6 Å². The predicted octanol–water partition coefficient (Wildman–Crippen LogP) is 7.72. The third-order valence-electron chi connectivity index (χ3n) is 6.29. The van der Waals surface area contributed by atoms with Crippen molar-refractivity contribution in [3.05, 3.63) is 58.7 Å². The normalized spacial score (nSPS) is 22.1. The highest BCUT2D eigenvalue weighted by molar-refractivity contribution is 6.74. The molecule has 0 aromatic carbocycles. The molecular formula is C26H42O2Si. The van der Waals surface area contributed by atoms with Gasteiger partial charge in [0.25, 0.3) is 0 Å². The monoisotopic (exact) mass is 414 g/mol. The van der Waals surface area contributed by atoms with Crippen LogP contribution < -0.4 is 0 Å². The highest BCUT2D eigenvalue weighted by Crippen LogP contribution is 2.45. The van der Waals surface area contributed by atoms with E-state index in [0.717, 1.165) is 24.7 Å². The van der Waals surface area contributed by atoms with Crippen LogP contribution in [0.1, 0.15) is 68.2 Å². The zero-order valence-electron chi connectivity index (χ0n) is 20.3. The Kier molecular flexibility index (Phi) is 8.85. The van der Waals surface area contributed by atoms with Gasteiger partial charge in [0.1, 0.15) is 6.29 Å². The van der Waals surface area contributed by atoms with Crippen molar-refractivity contribution in [3.8, 4) is 0 Å². The summed E-state index contributed by atoms with van der Waals surface area (Å²) < 4.78 is 6.75. The van der Waals surface area contributed by atoms with Crippen LogP contribution in [-0.2, 0) is 9.22 Å². The summed E-state index contributed by atoms with van der Waals surface area (Å²) in [6.45, 7) is 22.6. The lowest BCUT2D eigenvalue weighted by Gasteiger charge is -2.44. The second kappa shape index (κ2) is 10.0. The second-order valence-electron chi connectivity index (χ2n) is 10.6. The Balaban J connectivity index is 2.96. The smallest absolute Gasteiger partial charge is 0.192 e. The molecule has 0 unspecified atom stereocenters. The first-order chi connectivity index (χ1) is 13.2. The van der Waals surface area contributed by atoms with Crippen LogP contribution in [0.15, 0.2) is 58.7 Å². The summed E-state index contributed by atoms with van der Waals surface area (Å²) in [5, 5.41) is 0.240. The van der Waals surface area contributed by atoms with E-state index in [9.17, 15) is 4.79 Å². The number of hydrogen-bond donors (Lipinski definition) is 0. The van der Waals surface area contributed by atoms with Crippen molar-refractivity contribution in [3.63, 3.8) is 0 Å². The lowest BCUT2D eigenvalue weighted by atomic mass is 9.71. The van der Waals surface area contributed by atoms with E-state index < -0.39 is 8.32 Å². The van der Waals surface area contributed by atoms with Crippen molar-refractivity contribution in [1.29, 1.82) is 0 Å². The number of carbonyl (C=O) groups is 1. The van der Waals surface area contributed by atoms with Crippen molar-refractivity contribution in [2.24, 2.45) is 5.41 Å². The van der Waals surface area contributed by atoms with Crippen molar-refractivity contribution < 1.29 is 9.22 Å². The maximum atomic E-state index is 10.5. The lowest BCUT2D eigenvalue weighted by Crippen LogP contribution is -2.46. The summed E-state index contributed by atoms with van der Waals surface area (Å²) in [6.07, 6.45) is 15.3. The fourth-order valence-corrected chi connectivity index (χ4v) is 4.96. The van der Waals surface area contributed by atoms with Gasteiger partial charge in [-0.25, -0.2) is 0 Å². The summed E-state index contributed by atoms with van der Waals surface area (Å²) in [5.74, 6) is 0. The van der Waals surface area contributed by atoms with Crippen LogP contribution in [0.25, 0.3) is 0 Å². The highest BCUT2D eigenvalue weighted by atomic mass is 28.4. The summed E-state index contributed by atoms with van der Waals surface area (Å²) in [4.78, 5) is 10.5. The van der Waals surface area contributed by atoms with E-state index in [2.05, 4.69) is 79.8 Å². The van der Waals surface area contributed by atoms with Crippen LogP contribution in [0, 0.1) is 5.41 Å². The minimum absolute atomic E-state index is 0.102. The number of hydrogen-bond acceptors (Lipinski definition) is 2. The molecule has 0 aromatic rings. The molecule has 1 aliphatic rings. The van der Waals surface area contributed by atoms with Crippen molar-refractivity contribution in [1.82, 2.24) is 0 Å². The molecule has 0 aromatic heterocycles. The number of allylic oxidation sites excluding steroid dienone is 9. The molecule has 0 saturated carbocycles. The van der Waals surface area contributed by atoms with Gasteiger partial charge in [0.15, 0.2) is 8.32 Å². The molecule has 162 valence electrons. The quantitative estimate of drug-likeness (QED) is 0.184. The minimum Gasteiger partial charge on any atom is -0.414 e. The standard InChI is InChI=1S/C26H42O2Si/c1-20(12-11-13-21(2)16-17-27)14-15-24-22(3)18-23(19-26(24,7)8)28-29(9,10)25(4,5)6/h11-17,23H,18-19H2,1-10H3/b13-11+,15-14+,20-12+,21-16+/t23-/m1/s1. The molecule has 0 radical (unpaired) electrons. The molecule has 2 nitrogen and oxygen atoms in total. The molecule has 0 spiro atoms. The van der Waals surface area contributed by atoms with Gasteiger partial charge in [-0.15, -0.1) is 0 Å². The van der Waals surface area contributed by atoms with Gasteiger partial charge < -0.3 is 4.43 Å². The van der Waals surface area contributed by atoms with Gasteiger partial charge in [-0.1, -0.05) is 76.1 Å². The van der Waals surface area contributed by atoms with E-state index in [-0.39, 0.29) is 10.5 Å². The average Bonchev–Trinajstić information content (AvgIpc) is 2.51. The Bertz CT molecular complexity index is 737. The average molecular weight is 415 g/mol. The summed E-state index contributed by atoms with van der Waals surface area (Å²) in [5.41, 5.74) is 5.12. The van der Waals surface area contributed by atoms with E-state index in [1.807, 2.05) is 19.1 Å². The Morgan fingerprint density at radius 3 is 2.21 bits per heavy atom. The van der Waals surface area contributed by atoms with E-state index in [1.165, 1.54) is 16.7 Å². The molecule has 0 bridgehead atoms. The largest absolute Gasteiger partial charge is 0.414 e. The third-order valence-corrected chi connectivity index (χ3v) is 10.8. The van der Waals surface area contributed by atoms with Gasteiger partial charge in [0.05, 0.1) is 0 Å². The van der Waals surface area contributed by atoms with Crippen LogP contribution in [0.3, 0.4) is 0 Å². The maximum Gasteiger partial charge on any atom is 0.192 e. The Hall–Kier alpha value is -1.45. The van der Waals surface area contributed by atoms with Crippen molar-refractivity contribution in [2.75, 3.05) is 0 Å². The van der Waals surface area contributed by atoms with E-state index in [4.69, 9.17) is 4.43 Å². The van der Waals surface area contributed by atoms with Gasteiger partial charge in [0.2, 0.25) is 0 Å². The van der Waals surface area contributed by atoms with E-state index >= 15 is 0 Å². The van der Waals surface area contributed by atoms with Gasteiger partial charge in [0, 0.05) is 6.10 Å². The van der Waals surface area contributed by atoms with Crippen molar-refractivity contribution in [2.45, 2.75) is 92.5 Å². The first-order valence-corrected chi connectivity index (χ1v) is 13.6. The fraction of sp³-hybridized carbons (Fsp3) is 0.577. The second-order valence-corrected chi connectivity index (χ2v) is 15.4. The van der Waals surface area contributed by atoms with Gasteiger partial charge in [-0.05, 0) is 74.4 Å². The van der Waals surface area contributed by atoms with Crippen LogP contribution >= 0.6 is 0 Å². The SMILES string of the molecule is CC1=C(/C=C/C(C)=C/C=C/C(C)=C/C=O)C(C)(C)C[C@H](O[Si](C)(C)C(C)(C)C)C1. The first kappa shape index (κ1) is 25.6. The Morgan fingerprint density at radius 2 is 1.69 bits per heavy atom. The van der Waals surface area contributed by atoms with E-state index in [1.54, 1.807) is 6.08 Å². The molecule has 0 N–H and O–H groups in total. The molecular weight excluding hydrogens is 372 g/mol. The molecule has 0 aliphatic heterocycles. The topological polar surface area (TPSA) is 26.3 Å². The first-order valence-electron chi connectivity index (χ1n) is 10.7. The van der Waals surface area contributed by atoms with Crippen LogP contribution in [0.5, 0.6) is 0 Å². The number of rotatable bonds is 7. The van der Waals surface area contributed by atoms with E-state index in [0.29, 0.717) is 6.10 Å². The summed E-state index contributed by atoms with van der Waals surface area (Å²) >= 11 is 0. The van der Waals surface area contributed by atoms with Crippen LogP contribution in [0.4, 0.5) is 0 Å². The summed E-state index contributed by atoms with van der Waals surface area (Å²) in [6, 6.07) is 0. The maximum absolute atomic E-state index is 10.5. The third kappa shape index (κ3) is 7.71. The number of carbonyl (C=O) groups excluding carboxylic acids is 1. The lowest BCUT2D eigenvalue weighted by molar-refractivity contribution is -0.104. The zero-order valence-corrected chi connectivity index (χ0v) is 21.3. The Morgan fingerprint density at radius 1 is 1.10 bits per heavy atom. The molecule has 1 aliphatic carbocycles. The van der Waals surface area contributed by atoms with Crippen LogP contribution in [0.2, 0.25) is 18.1 Å². The molecule has 0 heterocycles. The van der Waals surface area contributed by atoms with Crippen LogP contribution in [-0.4, -0.2) is 20.7 Å². The molecule has 3 heteroatoms. The molecule has 1 rings (SSSR count). The van der Waals surface area contributed by atoms with Gasteiger partial charge in [-0.2, -0.15) is 0 Å². The number of aldehydes is 1. The minimum atomic E-state index is -1.76. The van der Waals surface area contributed by atoms with Gasteiger partial charge >= 0.3 is 0 Å². The molecule has 29 heavy (non-hydrogen) atoms. The molecule has 0 fully saturated rings. The molecule has 0 amide bonds. The molecule has 0 saturated heterocycles.